The number of thiophene rings is 1. The molecule has 0 aliphatic heterocycles. The van der Waals surface area contributed by atoms with Crippen LogP contribution in [0.3, 0.4) is 0 Å². The summed E-state index contributed by atoms with van der Waals surface area (Å²) in [7, 11) is 0. The SMILES string of the molecule is CSc1sc(C(=O)[O-])c(-c2cccc(Cl)c2)c1C#N. The Kier molecular flexibility index (Phi) is 4.15. The topological polar surface area (TPSA) is 63.9 Å². The molecule has 0 fully saturated rings. The first-order chi connectivity index (χ1) is 9.08. The van der Waals surface area contributed by atoms with E-state index in [2.05, 4.69) is 6.07 Å². The number of carbonyl (C=O) groups excluding carboxylic acids is 1. The molecule has 0 atom stereocenters. The molecule has 0 radical (unpaired) electrons. The molecule has 19 heavy (non-hydrogen) atoms. The van der Waals surface area contributed by atoms with Gasteiger partial charge in [-0.25, -0.2) is 0 Å². The lowest BCUT2D eigenvalue weighted by Gasteiger charge is -2.06. The molecule has 0 aliphatic rings. The zero-order valence-corrected chi connectivity index (χ0v) is 12.2. The van der Waals surface area contributed by atoms with E-state index in [9.17, 15) is 15.2 Å². The van der Waals surface area contributed by atoms with E-state index in [1.54, 1.807) is 30.5 Å². The third-order valence-electron chi connectivity index (χ3n) is 2.47. The van der Waals surface area contributed by atoms with Gasteiger partial charge < -0.3 is 9.90 Å². The van der Waals surface area contributed by atoms with Crippen LogP contribution in [0.4, 0.5) is 0 Å². The van der Waals surface area contributed by atoms with Crippen molar-refractivity contribution in [2.45, 2.75) is 4.21 Å². The van der Waals surface area contributed by atoms with Crippen LogP contribution >= 0.6 is 34.7 Å². The van der Waals surface area contributed by atoms with E-state index in [1.807, 2.05) is 0 Å². The molecule has 0 amide bonds. The van der Waals surface area contributed by atoms with Crippen LogP contribution in [0, 0.1) is 11.3 Å². The minimum Gasteiger partial charge on any atom is -0.544 e. The van der Waals surface area contributed by atoms with Crippen LogP contribution in [-0.4, -0.2) is 12.2 Å². The molecule has 0 N–H and O–H groups in total. The first-order valence-electron chi connectivity index (χ1n) is 5.16. The van der Waals surface area contributed by atoms with E-state index in [-0.39, 0.29) is 4.88 Å². The van der Waals surface area contributed by atoms with Crippen molar-refractivity contribution in [3.8, 4) is 17.2 Å². The molecule has 0 saturated carbocycles. The molecule has 1 aromatic heterocycles. The van der Waals surface area contributed by atoms with Gasteiger partial charge in [0.2, 0.25) is 0 Å². The average Bonchev–Trinajstić information content (AvgIpc) is 2.77. The number of carbonyl (C=O) groups is 1. The zero-order chi connectivity index (χ0) is 14.0. The third kappa shape index (κ3) is 2.61. The first-order valence-corrected chi connectivity index (χ1v) is 7.58. The van der Waals surface area contributed by atoms with E-state index < -0.39 is 5.97 Å². The normalized spacial score (nSPS) is 10.2. The smallest absolute Gasteiger partial charge is 0.102 e. The van der Waals surface area contributed by atoms with Crippen molar-refractivity contribution < 1.29 is 9.90 Å². The monoisotopic (exact) mass is 308 g/mol. The molecule has 3 nitrogen and oxygen atoms in total. The van der Waals surface area contributed by atoms with Gasteiger partial charge in [-0.1, -0.05) is 23.7 Å². The summed E-state index contributed by atoms with van der Waals surface area (Å²) >= 11 is 8.31. The average molecular weight is 309 g/mol. The van der Waals surface area contributed by atoms with Crippen LogP contribution in [0.2, 0.25) is 5.02 Å². The van der Waals surface area contributed by atoms with Gasteiger partial charge in [-0.05, 0) is 24.0 Å². The number of halogens is 1. The highest BCUT2D eigenvalue weighted by Gasteiger charge is 2.20. The molecular weight excluding hydrogens is 302 g/mol. The second kappa shape index (κ2) is 5.66. The largest absolute Gasteiger partial charge is 0.544 e. The number of hydrogen-bond donors (Lipinski definition) is 0. The predicted octanol–water partition coefficient (Wildman–Crippen LogP) is 3.03. The van der Waals surface area contributed by atoms with Crippen molar-refractivity contribution in [1.82, 2.24) is 0 Å². The van der Waals surface area contributed by atoms with Crippen molar-refractivity contribution in [2.24, 2.45) is 0 Å². The lowest BCUT2D eigenvalue weighted by Crippen LogP contribution is -2.21. The van der Waals surface area contributed by atoms with Crippen molar-refractivity contribution >= 4 is 40.7 Å². The number of carboxylic acid groups (broad SMARTS) is 1. The number of rotatable bonds is 3. The lowest BCUT2D eigenvalue weighted by atomic mass is 10.0. The maximum atomic E-state index is 11.2. The molecule has 1 heterocycles. The van der Waals surface area contributed by atoms with E-state index in [0.29, 0.717) is 25.9 Å². The Morgan fingerprint density at radius 2 is 2.26 bits per heavy atom. The highest BCUT2D eigenvalue weighted by atomic mass is 35.5. The fraction of sp³-hybridized carbons (Fsp3) is 0.0769. The summed E-state index contributed by atoms with van der Waals surface area (Å²) in [6.07, 6.45) is 1.80. The van der Waals surface area contributed by atoms with Crippen LogP contribution in [-0.2, 0) is 0 Å². The van der Waals surface area contributed by atoms with Crippen molar-refractivity contribution in [1.29, 1.82) is 5.26 Å². The summed E-state index contributed by atoms with van der Waals surface area (Å²) in [5.74, 6) is -1.28. The molecule has 0 unspecified atom stereocenters. The molecule has 2 rings (SSSR count). The van der Waals surface area contributed by atoms with Gasteiger partial charge >= 0.3 is 0 Å². The van der Waals surface area contributed by atoms with Crippen LogP contribution in [0.1, 0.15) is 15.2 Å². The maximum absolute atomic E-state index is 11.2. The van der Waals surface area contributed by atoms with Gasteiger partial charge in [-0.3, -0.25) is 0 Å². The Morgan fingerprint density at radius 1 is 1.53 bits per heavy atom. The third-order valence-corrected chi connectivity index (χ3v) is 5.00. The highest BCUT2D eigenvalue weighted by molar-refractivity contribution is 8.00. The fourth-order valence-electron chi connectivity index (χ4n) is 1.72. The minimum absolute atomic E-state index is 0.0585. The summed E-state index contributed by atoms with van der Waals surface area (Å²) < 4.78 is 0.664. The van der Waals surface area contributed by atoms with Gasteiger partial charge in [-0.15, -0.1) is 23.1 Å². The lowest BCUT2D eigenvalue weighted by molar-refractivity contribution is -0.254. The maximum Gasteiger partial charge on any atom is 0.102 e. The Balaban J connectivity index is 2.77. The van der Waals surface area contributed by atoms with Gasteiger partial charge in [0.25, 0.3) is 0 Å². The summed E-state index contributed by atoms with van der Waals surface area (Å²) in [4.78, 5) is 11.3. The molecule has 0 aliphatic carbocycles. The Bertz CT molecular complexity index is 688. The molecule has 0 bridgehead atoms. The number of thioether (sulfide) groups is 1. The molecule has 6 heteroatoms. The Morgan fingerprint density at radius 3 is 2.79 bits per heavy atom. The summed E-state index contributed by atoms with van der Waals surface area (Å²) in [5, 5.41) is 21.0. The van der Waals surface area contributed by atoms with E-state index in [4.69, 9.17) is 11.6 Å². The predicted molar refractivity (Wildman–Crippen MR) is 75.6 cm³/mol. The van der Waals surface area contributed by atoms with Gasteiger partial charge in [0.15, 0.2) is 0 Å². The quantitative estimate of drug-likeness (QED) is 0.818. The molecule has 1 aromatic carbocycles. The van der Waals surface area contributed by atoms with Gasteiger partial charge in [0.1, 0.15) is 6.07 Å². The molecule has 2 aromatic rings. The number of nitrogens with zero attached hydrogens (tertiary/aromatic N) is 1. The first kappa shape index (κ1) is 13.9. The van der Waals surface area contributed by atoms with Crippen molar-refractivity contribution in [3.05, 3.63) is 39.7 Å². The van der Waals surface area contributed by atoms with E-state index >= 15 is 0 Å². The standard InChI is InChI=1S/C13H8ClNO2S2/c1-18-13-9(6-15)10(11(19-13)12(16)17)7-3-2-4-8(14)5-7/h2-5H,1H3,(H,16,17)/p-1. The van der Waals surface area contributed by atoms with E-state index in [1.165, 1.54) is 11.8 Å². The highest BCUT2D eigenvalue weighted by Crippen LogP contribution is 2.40. The number of aromatic carboxylic acids is 1. The molecule has 0 spiro atoms. The number of nitriles is 1. The second-order valence-electron chi connectivity index (χ2n) is 3.58. The van der Waals surface area contributed by atoms with Crippen LogP contribution in [0.15, 0.2) is 28.5 Å². The van der Waals surface area contributed by atoms with Crippen LogP contribution in [0.25, 0.3) is 11.1 Å². The Labute approximate surface area is 123 Å². The molecular formula is C13H7ClNO2S2-. The number of benzene rings is 1. The van der Waals surface area contributed by atoms with Gasteiger partial charge in [-0.2, -0.15) is 5.26 Å². The summed E-state index contributed by atoms with van der Waals surface area (Å²) in [5.41, 5.74) is 1.36. The van der Waals surface area contributed by atoms with Crippen molar-refractivity contribution in [2.75, 3.05) is 6.26 Å². The van der Waals surface area contributed by atoms with Gasteiger partial charge in [0, 0.05) is 10.6 Å². The van der Waals surface area contributed by atoms with Crippen molar-refractivity contribution in [3.63, 3.8) is 0 Å². The summed E-state index contributed by atoms with van der Waals surface area (Å²) in [6, 6.07) is 8.84. The fourth-order valence-corrected chi connectivity index (χ4v) is 3.68. The number of carboxylic acids is 1. The van der Waals surface area contributed by atoms with Crippen LogP contribution < -0.4 is 5.11 Å². The molecule has 96 valence electrons. The summed E-state index contributed by atoms with van der Waals surface area (Å²) in [6.45, 7) is 0. The zero-order valence-electron chi connectivity index (χ0n) is 9.77. The van der Waals surface area contributed by atoms with Crippen LogP contribution in [0.5, 0.6) is 0 Å². The minimum atomic E-state index is -1.28. The van der Waals surface area contributed by atoms with E-state index in [0.717, 1.165) is 11.3 Å². The Hall–Kier alpha value is -1.48. The van der Waals surface area contributed by atoms with Gasteiger partial charge in [0.05, 0.1) is 20.6 Å². The number of hydrogen-bond acceptors (Lipinski definition) is 5. The molecule has 0 saturated heterocycles. The second-order valence-corrected chi connectivity index (χ2v) is 6.11.